The number of hydrogen-bond acceptors (Lipinski definition) is 12. The van der Waals surface area contributed by atoms with E-state index in [0.29, 0.717) is 49.4 Å². The van der Waals surface area contributed by atoms with Gasteiger partial charge in [-0.25, -0.2) is 23.1 Å². The van der Waals surface area contributed by atoms with Crippen molar-refractivity contribution in [1.29, 1.82) is 0 Å². The molecule has 40 heavy (non-hydrogen) atoms. The van der Waals surface area contributed by atoms with E-state index in [-0.39, 0.29) is 46.2 Å². The number of carbonyl (C=O) groups excluding carboxylic acids is 2. The molecule has 4 heterocycles. The molecule has 0 bridgehead atoms. The molecule has 0 aliphatic carbocycles. The van der Waals surface area contributed by atoms with Crippen molar-refractivity contribution in [3.05, 3.63) is 39.2 Å². The fourth-order valence-corrected chi connectivity index (χ4v) is 6.02. The number of anilines is 2. The average molecular weight is 686 g/mol. The number of aliphatic imine (C=N–C) groups is 1. The zero-order valence-corrected chi connectivity index (χ0v) is 24.2. The molecule has 2 aromatic rings. The molecule has 3 aliphatic rings. The lowest BCUT2D eigenvalue weighted by Gasteiger charge is -2.39. The van der Waals surface area contributed by atoms with E-state index in [9.17, 15) is 18.0 Å². The summed E-state index contributed by atoms with van der Waals surface area (Å²) >= 11 is 1.87. The van der Waals surface area contributed by atoms with Crippen molar-refractivity contribution >= 4 is 62.0 Å². The normalized spacial score (nSPS) is 18.9. The summed E-state index contributed by atoms with van der Waals surface area (Å²) in [5.74, 6) is -0.488. The van der Waals surface area contributed by atoms with Gasteiger partial charge in [0.25, 0.3) is 11.8 Å². The highest BCUT2D eigenvalue weighted by Gasteiger charge is 2.40. The summed E-state index contributed by atoms with van der Waals surface area (Å²) in [6, 6.07) is 5.92. The first-order chi connectivity index (χ1) is 19.1. The van der Waals surface area contributed by atoms with E-state index in [1.807, 2.05) is 22.6 Å². The summed E-state index contributed by atoms with van der Waals surface area (Å²) in [5.41, 5.74) is 11.3. The van der Waals surface area contributed by atoms with Gasteiger partial charge in [-0.2, -0.15) is 0 Å². The predicted octanol–water partition coefficient (Wildman–Crippen LogP) is -0.739. The molecule has 5 rings (SSSR count). The third-order valence-corrected chi connectivity index (χ3v) is 9.02. The van der Waals surface area contributed by atoms with E-state index < -0.39 is 27.8 Å². The van der Waals surface area contributed by atoms with Gasteiger partial charge in [0, 0.05) is 18.7 Å². The van der Waals surface area contributed by atoms with Gasteiger partial charge >= 0.3 is 0 Å². The van der Waals surface area contributed by atoms with Gasteiger partial charge in [-0.05, 0) is 53.6 Å². The van der Waals surface area contributed by atoms with Crippen molar-refractivity contribution < 1.29 is 27.5 Å². The van der Waals surface area contributed by atoms with Crippen molar-refractivity contribution in [3.8, 4) is 0 Å². The second-order valence-corrected chi connectivity index (χ2v) is 12.3. The largest absolute Gasteiger partial charge is 0.382 e. The Morgan fingerprint density at radius 1 is 1.15 bits per heavy atom. The molecule has 0 atom stereocenters. The molecule has 17 heteroatoms. The summed E-state index contributed by atoms with van der Waals surface area (Å²) in [7, 11) is -3.86. The van der Waals surface area contributed by atoms with Gasteiger partial charge in [0.2, 0.25) is 10.0 Å². The molecular weight excluding hydrogens is 657 g/mol. The number of hydrogen-bond donors (Lipinski definition) is 5. The van der Waals surface area contributed by atoms with Gasteiger partial charge in [-0.15, -0.1) is 0 Å². The first-order valence-corrected chi connectivity index (χ1v) is 15.0. The lowest BCUT2D eigenvalue weighted by molar-refractivity contribution is -0.0355. The molecule has 2 saturated heterocycles. The maximum atomic E-state index is 13.2. The SMILES string of the molecule is Nc1nc(N)c(C(=O)NC2=NCC3(CCN(C(=O)c4cccc(S(=O)(=O)NCC5OCCO5)c4)CC3)N2)nc1I. The Kier molecular flexibility index (Phi) is 8.09. The average Bonchev–Trinajstić information content (AvgIpc) is 3.60. The molecule has 7 N–H and O–H groups in total. The number of carbonyl (C=O) groups is 2. The van der Waals surface area contributed by atoms with E-state index >= 15 is 0 Å². The maximum Gasteiger partial charge on any atom is 0.280 e. The molecule has 1 aromatic heterocycles. The summed E-state index contributed by atoms with van der Waals surface area (Å²) in [5, 5.41) is 5.95. The summed E-state index contributed by atoms with van der Waals surface area (Å²) in [6.07, 6.45) is 0.518. The second kappa shape index (κ2) is 11.4. The monoisotopic (exact) mass is 685 g/mol. The summed E-state index contributed by atoms with van der Waals surface area (Å²) in [4.78, 5) is 40.0. The Balaban J connectivity index is 1.16. The molecule has 15 nitrogen and oxygen atoms in total. The number of sulfonamides is 1. The minimum Gasteiger partial charge on any atom is -0.382 e. The van der Waals surface area contributed by atoms with Crippen LogP contribution in [0.2, 0.25) is 0 Å². The van der Waals surface area contributed by atoms with Crippen molar-refractivity contribution in [1.82, 2.24) is 30.2 Å². The van der Waals surface area contributed by atoms with Gasteiger partial charge in [0.1, 0.15) is 3.70 Å². The van der Waals surface area contributed by atoms with Gasteiger partial charge < -0.3 is 31.2 Å². The van der Waals surface area contributed by atoms with Crippen LogP contribution in [0.25, 0.3) is 0 Å². The molecule has 3 aliphatic heterocycles. The molecule has 214 valence electrons. The minimum atomic E-state index is -3.86. The van der Waals surface area contributed by atoms with Crippen molar-refractivity contribution in [2.24, 2.45) is 4.99 Å². The number of ether oxygens (including phenoxy) is 2. The Labute approximate surface area is 243 Å². The zero-order chi connectivity index (χ0) is 28.5. The van der Waals surface area contributed by atoms with Crippen LogP contribution in [0, 0.1) is 3.70 Å². The van der Waals surface area contributed by atoms with Crippen LogP contribution in [-0.2, 0) is 19.5 Å². The third-order valence-electron chi connectivity index (χ3n) is 6.81. The Bertz CT molecular complexity index is 1460. The number of halogens is 1. The van der Waals surface area contributed by atoms with Gasteiger partial charge in [-0.1, -0.05) is 6.07 Å². The van der Waals surface area contributed by atoms with Crippen LogP contribution in [0.15, 0.2) is 34.2 Å². The van der Waals surface area contributed by atoms with E-state index in [0.717, 1.165) is 0 Å². The maximum absolute atomic E-state index is 13.2. The molecule has 2 fully saturated rings. The quantitative estimate of drug-likeness (QED) is 0.239. The molecule has 1 spiro atoms. The molecule has 1 aromatic carbocycles. The van der Waals surface area contributed by atoms with Crippen molar-refractivity contribution in [3.63, 3.8) is 0 Å². The predicted molar refractivity (Wildman–Crippen MR) is 152 cm³/mol. The highest BCUT2D eigenvalue weighted by molar-refractivity contribution is 14.1. The number of nitrogen functional groups attached to an aromatic ring is 2. The van der Waals surface area contributed by atoms with Crippen LogP contribution in [0.1, 0.15) is 33.7 Å². The smallest absolute Gasteiger partial charge is 0.280 e. The topological polar surface area (TPSA) is 216 Å². The second-order valence-electron chi connectivity index (χ2n) is 9.50. The summed E-state index contributed by atoms with van der Waals surface area (Å²) < 4.78 is 38.8. The zero-order valence-electron chi connectivity index (χ0n) is 21.2. The van der Waals surface area contributed by atoms with E-state index in [4.69, 9.17) is 20.9 Å². The van der Waals surface area contributed by atoms with Gasteiger partial charge in [0.15, 0.2) is 29.6 Å². The minimum absolute atomic E-state index is 0.0165. The van der Waals surface area contributed by atoms with E-state index in [1.165, 1.54) is 18.2 Å². The number of aromatic nitrogens is 2. The molecular formula is C23H28IN9O6S. The standard InChI is InChI=1S/C23H28IN9O6S/c24-17-19(26)30-18(25)16(29-17)20(34)31-22-27-12-23(32-22)4-6-33(7-5-23)21(35)13-2-1-3-14(10-13)40(36,37)28-11-15-38-8-9-39-15/h1-3,10,15,28H,4-9,11-12H2,(H4,25,26,30)(H2,27,31,32,34). The third kappa shape index (κ3) is 6.12. The van der Waals surface area contributed by atoms with E-state index in [2.05, 4.69) is 30.3 Å². The molecule has 2 amide bonds. The Hall–Kier alpha value is -3.13. The number of likely N-dealkylation sites (tertiary alicyclic amines) is 1. The van der Waals surface area contributed by atoms with Crippen LogP contribution in [0.5, 0.6) is 0 Å². The van der Waals surface area contributed by atoms with Crippen LogP contribution in [0.4, 0.5) is 11.6 Å². The number of nitrogens with one attached hydrogen (secondary N) is 3. The van der Waals surface area contributed by atoms with Crippen LogP contribution in [0.3, 0.4) is 0 Å². The fraction of sp³-hybridized carbons (Fsp3) is 0.435. The lowest BCUT2D eigenvalue weighted by Crippen LogP contribution is -2.57. The number of guanidine groups is 1. The van der Waals surface area contributed by atoms with Crippen LogP contribution >= 0.6 is 22.6 Å². The fourth-order valence-electron chi connectivity index (χ4n) is 4.59. The number of piperidine rings is 1. The molecule has 0 unspecified atom stereocenters. The number of benzene rings is 1. The highest BCUT2D eigenvalue weighted by Crippen LogP contribution is 2.27. The number of nitrogens with two attached hydrogens (primary N) is 2. The Morgan fingerprint density at radius 3 is 2.60 bits per heavy atom. The van der Waals surface area contributed by atoms with Crippen molar-refractivity contribution in [2.75, 3.05) is 50.9 Å². The number of rotatable bonds is 6. The van der Waals surface area contributed by atoms with E-state index in [1.54, 1.807) is 11.0 Å². The summed E-state index contributed by atoms with van der Waals surface area (Å²) in [6.45, 7) is 2.06. The lowest BCUT2D eigenvalue weighted by atomic mass is 9.88. The molecule has 0 saturated carbocycles. The van der Waals surface area contributed by atoms with Gasteiger partial charge in [0.05, 0.1) is 36.7 Å². The highest BCUT2D eigenvalue weighted by atomic mass is 127. The number of nitrogens with zero attached hydrogens (tertiary/aromatic N) is 4. The first kappa shape index (κ1) is 28.4. The van der Waals surface area contributed by atoms with Crippen LogP contribution < -0.4 is 26.8 Å². The first-order valence-electron chi connectivity index (χ1n) is 12.4. The Morgan fingerprint density at radius 2 is 1.88 bits per heavy atom. The van der Waals surface area contributed by atoms with Crippen LogP contribution in [-0.4, -0.2) is 92.3 Å². The van der Waals surface area contributed by atoms with Crippen molar-refractivity contribution in [2.45, 2.75) is 29.6 Å². The molecule has 0 radical (unpaired) electrons. The number of amides is 2. The van der Waals surface area contributed by atoms with Gasteiger partial charge in [-0.3, -0.25) is 19.9 Å².